The monoisotopic (exact) mass is 271 g/mol. The summed E-state index contributed by atoms with van der Waals surface area (Å²) in [6.07, 6.45) is 3.82. The highest BCUT2D eigenvalue weighted by Gasteiger charge is 2.25. The SMILES string of the molecule is O=C1CSC(=S)N1CCCCCc1nn[nH]n1. The fraction of sp³-hybridized carbons (Fsp3) is 0.667. The minimum atomic E-state index is 0.137. The van der Waals surface area contributed by atoms with Crippen LogP contribution >= 0.6 is 24.0 Å². The third-order valence-corrected chi connectivity index (χ3v) is 3.94. The van der Waals surface area contributed by atoms with Gasteiger partial charge in [-0.3, -0.25) is 9.69 Å². The molecule has 1 amide bonds. The summed E-state index contributed by atoms with van der Waals surface area (Å²) in [5.41, 5.74) is 0. The number of nitrogens with zero attached hydrogens (tertiary/aromatic N) is 4. The van der Waals surface area contributed by atoms with Crippen LogP contribution in [-0.4, -0.2) is 48.0 Å². The molecule has 0 aliphatic carbocycles. The van der Waals surface area contributed by atoms with Gasteiger partial charge in [0.15, 0.2) is 5.82 Å². The van der Waals surface area contributed by atoms with Crippen LogP contribution in [0.3, 0.4) is 0 Å². The largest absolute Gasteiger partial charge is 0.297 e. The Bertz CT molecular complexity index is 378. The molecule has 0 aromatic carbocycles. The number of carbonyl (C=O) groups excluding carboxylic acids is 1. The van der Waals surface area contributed by atoms with Gasteiger partial charge in [-0.2, -0.15) is 5.21 Å². The first kappa shape index (κ1) is 12.4. The molecule has 17 heavy (non-hydrogen) atoms. The number of thiocarbonyl (C=S) groups is 1. The minimum Gasteiger partial charge on any atom is -0.297 e. The highest BCUT2D eigenvalue weighted by Crippen LogP contribution is 2.19. The van der Waals surface area contributed by atoms with Crippen molar-refractivity contribution < 1.29 is 4.79 Å². The lowest BCUT2D eigenvalue weighted by Gasteiger charge is -2.13. The van der Waals surface area contributed by atoms with Crippen molar-refractivity contribution in [1.29, 1.82) is 0 Å². The van der Waals surface area contributed by atoms with Gasteiger partial charge in [0, 0.05) is 13.0 Å². The second-order valence-electron chi connectivity index (χ2n) is 3.74. The van der Waals surface area contributed by atoms with Crippen molar-refractivity contribution >= 4 is 34.2 Å². The molecule has 1 aliphatic heterocycles. The smallest absolute Gasteiger partial charge is 0.238 e. The number of tetrazole rings is 1. The third-order valence-electron chi connectivity index (χ3n) is 2.51. The number of aromatic nitrogens is 4. The number of H-pyrrole nitrogens is 1. The zero-order valence-electron chi connectivity index (χ0n) is 9.26. The number of aromatic amines is 1. The maximum absolute atomic E-state index is 11.4. The van der Waals surface area contributed by atoms with Gasteiger partial charge in [-0.05, 0) is 12.8 Å². The van der Waals surface area contributed by atoms with Crippen LogP contribution in [0.5, 0.6) is 0 Å². The number of rotatable bonds is 6. The van der Waals surface area contributed by atoms with Crippen LogP contribution in [0, 0.1) is 0 Å². The Morgan fingerprint density at radius 3 is 2.94 bits per heavy atom. The Morgan fingerprint density at radius 2 is 2.29 bits per heavy atom. The fourth-order valence-electron chi connectivity index (χ4n) is 1.62. The van der Waals surface area contributed by atoms with Gasteiger partial charge in [-0.15, -0.1) is 10.2 Å². The Kier molecular flexibility index (Phi) is 4.43. The number of amides is 1. The molecule has 0 radical (unpaired) electrons. The van der Waals surface area contributed by atoms with Crippen molar-refractivity contribution in [3.63, 3.8) is 0 Å². The predicted molar refractivity (Wildman–Crippen MR) is 68.5 cm³/mol. The van der Waals surface area contributed by atoms with E-state index >= 15 is 0 Å². The van der Waals surface area contributed by atoms with Gasteiger partial charge in [-0.25, -0.2) is 0 Å². The summed E-state index contributed by atoms with van der Waals surface area (Å²) >= 11 is 6.55. The maximum atomic E-state index is 11.4. The number of aryl methyl sites for hydroxylation is 1. The first-order chi connectivity index (χ1) is 8.27. The van der Waals surface area contributed by atoms with E-state index in [1.165, 1.54) is 11.8 Å². The summed E-state index contributed by atoms with van der Waals surface area (Å²) in [5, 5.41) is 13.7. The first-order valence-corrected chi connectivity index (χ1v) is 6.86. The summed E-state index contributed by atoms with van der Waals surface area (Å²) in [4.78, 5) is 13.1. The van der Waals surface area contributed by atoms with E-state index in [4.69, 9.17) is 12.2 Å². The van der Waals surface area contributed by atoms with Crippen molar-refractivity contribution in [2.45, 2.75) is 25.7 Å². The summed E-state index contributed by atoms with van der Waals surface area (Å²) in [6, 6.07) is 0. The van der Waals surface area contributed by atoms with Gasteiger partial charge in [0.25, 0.3) is 0 Å². The number of carbonyl (C=O) groups is 1. The number of thioether (sulfide) groups is 1. The third kappa shape index (κ3) is 3.47. The fourth-order valence-corrected chi connectivity index (χ4v) is 2.74. The molecule has 6 nitrogen and oxygen atoms in total. The average Bonchev–Trinajstić information content (AvgIpc) is 2.92. The molecule has 1 aromatic heterocycles. The first-order valence-electron chi connectivity index (χ1n) is 5.47. The lowest BCUT2D eigenvalue weighted by atomic mass is 10.2. The second kappa shape index (κ2) is 6.06. The number of nitrogens with one attached hydrogen (secondary N) is 1. The van der Waals surface area contributed by atoms with E-state index in [2.05, 4.69) is 20.6 Å². The zero-order chi connectivity index (χ0) is 12.1. The molecule has 0 bridgehead atoms. The summed E-state index contributed by atoms with van der Waals surface area (Å²) in [6.45, 7) is 0.733. The number of hydrogen-bond donors (Lipinski definition) is 1. The predicted octanol–water partition coefficient (Wildman–Crippen LogP) is 0.773. The molecular formula is C9H13N5OS2. The topological polar surface area (TPSA) is 74.8 Å². The van der Waals surface area contributed by atoms with Gasteiger partial charge >= 0.3 is 0 Å². The molecule has 0 spiro atoms. The van der Waals surface area contributed by atoms with Gasteiger partial charge < -0.3 is 0 Å². The molecule has 1 fully saturated rings. The average molecular weight is 271 g/mol. The van der Waals surface area contributed by atoms with Crippen molar-refractivity contribution in [2.75, 3.05) is 12.3 Å². The van der Waals surface area contributed by atoms with E-state index in [9.17, 15) is 4.79 Å². The molecule has 1 saturated heterocycles. The number of hydrogen-bond acceptors (Lipinski definition) is 6. The molecule has 1 aromatic rings. The highest BCUT2D eigenvalue weighted by atomic mass is 32.2. The molecule has 1 N–H and O–H groups in total. The maximum Gasteiger partial charge on any atom is 0.238 e. The van der Waals surface area contributed by atoms with Crippen molar-refractivity contribution in [2.24, 2.45) is 0 Å². The Morgan fingerprint density at radius 1 is 1.41 bits per heavy atom. The molecule has 0 unspecified atom stereocenters. The van der Waals surface area contributed by atoms with Crippen LogP contribution in [0.2, 0.25) is 0 Å². The molecule has 0 atom stereocenters. The van der Waals surface area contributed by atoms with E-state index < -0.39 is 0 Å². The zero-order valence-corrected chi connectivity index (χ0v) is 10.9. The van der Waals surface area contributed by atoms with Gasteiger partial charge in [0.2, 0.25) is 5.91 Å². The molecule has 2 heterocycles. The van der Waals surface area contributed by atoms with E-state index in [0.717, 1.165) is 38.1 Å². The molecule has 0 saturated carbocycles. The summed E-state index contributed by atoms with van der Waals surface area (Å²) < 4.78 is 0.716. The van der Waals surface area contributed by atoms with Crippen LogP contribution in [0.1, 0.15) is 25.1 Å². The van der Waals surface area contributed by atoms with Gasteiger partial charge in [-0.1, -0.05) is 35.6 Å². The molecule has 1 aliphatic rings. The normalized spacial score (nSPS) is 15.9. The minimum absolute atomic E-state index is 0.137. The van der Waals surface area contributed by atoms with Crippen LogP contribution in [0.15, 0.2) is 0 Å². The van der Waals surface area contributed by atoms with Crippen LogP contribution in [0.4, 0.5) is 0 Å². The quantitative estimate of drug-likeness (QED) is 0.608. The van der Waals surface area contributed by atoms with Crippen molar-refractivity contribution in [3.8, 4) is 0 Å². The lowest BCUT2D eigenvalue weighted by Crippen LogP contribution is -2.29. The molecule has 92 valence electrons. The molecule has 8 heteroatoms. The van der Waals surface area contributed by atoms with Crippen LogP contribution in [0.25, 0.3) is 0 Å². The highest BCUT2D eigenvalue weighted by molar-refractivity contribution is 8.23. The summed E-state index contributed by atoms with van der Waals surface area (Å²) in [5.74, 6) is 1.38. The number of unbranched alkanes of at least 4 members (excludes halogenated alkanes) is 2. The van der Waals surface area contributed by atoms with Gasteiger partial charge in [0.1, 0.15) is 4.32 Å². The van der Waals surface area contributed by atoms with E-state index in [1.807, 2.05) is 0 Å². The summed E-state index contributed by atoms with van der Waals surface area (Å²) in [7, 11) is 0. The Hall–Kier alpha value is -1.02. The molecular weight excluding hydrogens is 258 g/mol. The standard InChI is InChI=1S/C9H13N5OS2/c15-8-6-17-9(16)14(8)5-3-1-2-4-7-10-12-13-11-7/h1-6H2,(H,10,11,12,13). The molecule has 2 rings (SSSR count). The van der Waals surface area contributed by atoms with Crippen molar-refractivity contribution in [1.82, 2.24) is 25.5 Å². The van der Waals surface area contributed by atoms with E-state index in [0.29, 0.717) is 10.1 Å². The van der Waals surface area contributed by atoms with Crippen molar-refractivity contribution in [3.05, 3.63) is 5.82 Å². The van der Waals surface area contributed by atoms with E-state index in [-0.39, 0.29) is 5.91 Å². The van der Waals surface area contributed by atoms with Crippen LogP contribution < -0.4 is 0 Å². The van der Waals surface area contributed by atoms with E-state index in [1.54, 1.807) is 4.90 Å². The second-order valence-corrected chi connectivity index (χ2v) is 5.35. The van der Waals surface area contributed by atoms with Crippen LogP contribution in [-0.2, 0) is 11.2 Å². The lowest BCUT2D eigenvalue weighted by molar-refractivity contribution is -0.124. The Labute approximate surface area is 109 Å². The Balaban J connectivity index is 1.60. The van der Waals surface area contributed by atoms with Gasteiger partial charge in [0.05, 0.1) is 5.75 Å².